The number of carbonyl (C=O) groups excluding carboxylic acids is 3. The molecule has 2 aliphatic heterocycles. The molecule has 4 aliphatic rings. The maximum atomic E-state index is 14.4. The van der Waals surface area contributed by atoms with Crippen LogP contribution >= 0.6 is 0 Å². The van der Waals surface area contributed by atoms with Gasteiger partial charge >= 0.3 is 6.09 Å². The molecular weight excluding hydrogens is 705 g/mol. The minimum absolute atomic E-state index is 0.00169. The number of nitrogens with zero attached hydrogens (tertiary/aromatic N) is 3. The number of anilines is 1. The number of ether oxygens (including phenoxy) is 2. The zero-order valence-corrected chi connectivity index (χ0v) is 31.9. The summed E-state index contributed by atoms with van der Waals surface area (Å²) in [6.45, 7) is 5.35. The van der Waals surface area contributed by atoms with E-state index in [-0.39, 0.29) is 31.2 Å². The lowest BCUT2D eigenvalue weighted by Crippen LogP contribution is -2.59. The summed E-state index contributed by atoms with van der Waals surface area (Å²) < 4.78 is 39.5. The summed E-state index contributed by atoms with van der Waals surface area (Å²) in [6.07, 6.45) is 6.16. The van der Waals surface area contributed by atoms with E-state index in [1.54, 1.807) is 14.0 Å². The predicted octanol–water partition coefficient (Wildman–Crippen LogP) is 3.18. The van der Waals surface area contributed by atoms with Crippen molar-refractivity contribution in [3.63, 3.8) is 0 Å². The summed E-state index contributed by atoms with van der Waals surface area (Å²) in [4.78, 5) is 62.4. The van der Waals surface area contributed by atoms with E-state index in [4.69, 9.17) is 9.47 Å². The molecule has 53 heavy (non-hydrogen) atoms. The standard InChI is InChI=1S/C37H50N6O9S/c1-21-9-7-8-10-23-18-37(23,34(46)41-53(49,50)36(3)13-14-36)40-31(44)28-17-25(20-43(28)33(45)30(22(2)15-21)39-35(47)48)52-32-26-12-11-24(42(4)5)16-27(26)29(51-6)19-38-32/h8,10-12,16,19,21-23,25,28,30,39H,7,9,13-15,17-18,20H2,1-6H3,(H,40,44)(H,41,46)(H,47,48)/b10-8-/t21-,22-,23-,25-,28+,30+,37-/m1/s1. The van der Waals surface area contributed by atoms with Crippen LogP contribution < -0.4 is 29.7 Å². The predicted molar refractivity (Wildman–Crippen MR) is 197 cm³/mol. The molecule has 6 rings (SSSR count). The van der Waals surface area contributed by atoms with Crippen LogP contribution in [0.3, 0.4) is 0 Å². The van der Waals surface area contributed by atoms with E-state index >= 15 is 0 Å². The van der Waals surface area contributed by atoms with Gasteiger partial charge in [-0.25, -0.2) is 18.2 Å². The van der Waals surface area contributed by atoms with Crippen molar-refractivity contribution in [2.45, 2.75) is 94.2 Å². The molecule has 2 aromatic rings. The van der Waals surface area contributed by atoms with E-state index in [1.807, 2.05) is 63.2 Å². The van der Waals surface area contributed by atoms with Gasteiger partial charge in [-0.1, -0.05) is 26.0 Å². The third-order valence-corrected chi connectivity index (χ3v) is 13.5. The zero-order chi connectivity index (χ0) is 38.5. The molecule has 1 aromatic heterocycles. The fourth-order valence-corrected chi connectivity index (χ4v) is 8.91. The number of hydrogen-bond donors (Lipinski definition) is 4. The van der Waals surface area contributed by atoms with Crippen molar-refractivity contribution in [1.29, 1.82) is 0 Å². The highest BCUT2D eigenvalue weighted by Crippen LogP contribution is 2.47. The zero-order valence-electron chi connectivity index (χ0n) is 31.0. The number of hydrogen-bond acceptors (Lipinski definition) is 10. The molecular formula is C37H50N6O9S. The first kappa shape index (κ1) is 38.1. The van der Waals surface area contributed by atoms with Gasteiger partial charge in [0.1, 0.15) is 29.5 Å². The molecule has 4 N–H and O–H groups in total. The van der Waals surface area contributed by atoms with Crippen molar-refractivity contribution in [2.24, 2.45) is 17.8 Å². The SMILES string of the molecule is COc1cnc(O[C@@H]2C[C@H]3C(=O)N[C@]4(C(=O)NS(=O)(=O)C5(C)CC5)C[C@H]4/C=C\CC[C@@H](C)C[C@@H](C)[C@H](NC(=O)O)C(=O)N3C2)c2ccc(N(C)C)cc12. The van der Waals surface area contributed by atoms with Gasteiger partial charge in [0.2, 0.25) is 27.7 Å². The fourth-order valence-electron chi connectivity index (χ4n) is 7.60. The Hall–Kier alpha value is -4.60. The lowest BCUT2D eigenvalue weighted by molar-refractivity contribution is -0.142. The Kier molecular flexibility index (Phi) is 10.3. The van der Waals surface area contributed by atoms with Crippen molar-refractivity contribution in [1.82, 2.24) is 25.2 Å². The molecule has 288 valence electrons. The van der Waals surface area contributed by atoms with Crippen LogP contribution in [0.1, 0.15) is 65.7 Å². The van der Waals surface area contributed by atoms with Gasteiger partial charge in [-0.05, 0) is 75.5 Å². The Morgan fingerprint density at radius 2 is 1.87 bits per heavy atom. The molecule has 2 saturated carbocycles. The molecule has 7 atom stereocenters. The summed E-state index contributed by atoms with van der Waals surface area (Å²) in [5.41, 5.74) is -0.623. The minimum atomic E-state index is -4.00. The second kappa shape index (κ2) is 14.3. The smallest absolute Gasteiger partial charge is 0.405 e. The maximum absolute atomic E-state index is 14.4. The molecule has 3 heterocycles. The molecule has 16 heteroatoms. The average Bonchev–Trinajstić information content (AvgIpc) is 3.98. The lowest BCUT2D eigenvalue weighted by atomic mass is 9.88. The first-order valence-electron chi connectivity index (χ1n) is 18.1. The number of pyridine rings is 1. The van der Waals surface area contributed by atoms with Gasteiger partial charge in [-0.15, -0.1) is 0 Å². The van der Waals surface area contributed by atoms with Gasteiger partial charge in [0.05, 0.1) is 24.6 Å². The molecule has 2 aliphatic carbocycles. The van der Waals surface area contributed by atoms with Crippen LogP contribution in [-0.4, -0.2) is 103 Å². The van der Waals surface area contributed by atoms with Gasteiger partial charge < -0.3 is 35.0 Å². The highest BCUT2D eigenvalue weighted by molar-refractivity contribution is 7.91. The van der Waals surface area contributed by atoms with Crippen molar-refractivity contribution < 1.29 is 42.2 Å². The summed E-state index contributed by atoms with van der Waals surface area (Å²) in [5, 5.41) is 16.4. The lowest BCUT2D eigenvalue weighted by Gasteiger charge is -2.32. The van der Waals surface area contributed by atoms with Crippen molar-refractivity contribution >= 4 is 50.3 Å². The number of aromatic nitrogens is 1. The van der Waals surface area contributed by atoms with Gasteiger partial charge in [0.25, 0.3) is 5.91 Å². The number of fused-ring (bicyclic) bond motifs is 3. The van der Waals surface area contributed by atoms with Crippen LogP contribution in [0, 0.1) is 17.8 Å². The van der Waals surface area contributed by atoms with Crippen LogP contribution in [0.15, 0.2) is 36.5 Å². The fraction of sp³-hybridized carbons (Fsp3) is 0.595. The maximum Gasteiger partial charge on any atom is 0.405 e. The average molecular weight is 755 g/mol. The molecule has 0 spiro atoms. The number of carbonyl (C=O) groups is 4. The molecule has 0 bridgehead atoms. The molecule has 3 fully saturated rings. The number of allylic oxidation sites excluding steroid dienone is 1. The van der Waals surface area contributed by atoms with Crippen LogP contribution in [0.5, 0.6) is 11.6 Å². The van der Waals surface area contributed by atoms with E-state index in [9.17, 15) is 32.7 Å². The van der Waals surface area contributed by atoms with Gasteiger partial charge in [0, 0.05) is 42.9 Å². The number of carboxylic acid groups (broad SMARTS) is 1. The van der Waals surface area contributed by atoms with Crippen LogP contribution in [0.4, 0.5) is 10.5 Å². The van der Waals surface area contributed by atoms with Gasteiger partial charge in [-0.2, -0.15) is 0 Å². The van der Waals surface area contributed by atoms with E-state index in [1.165, 1.54) is 11.1 Å². The Balaban J connectivity index is 1.35. The van der Waals surface area contributed by atoms with Gasteiger partial charge in [-0.3, -0.25) is 19.1 Å². The Labute approximate surface area is 309 Å². The number of sulfonamides is 1. The molecule has 1 saturated heterocycles. The molecule has 1 aromatic carbocycles. The second-order valence-corrected chi connectivity index (χ2v) is 17.8. The number of benzene rings is 1. The number of nitrogens with one attached hydrogen (secondary N) is 3. The first-order chi connectivity index (χ1) is 25.0. The molecule has 0 unspecified atom stereocenters. The van der Waals surface area contributed by atoms with Crippen molar-refractivity contribution in [3.8, 4) is 11.6 Å². The first-order valence-corrected chi connectivity index (χ1v) is 19.6. The highest BCUT2D eigenvalue weighted by atomic mass is 32.2. The van der Waals surface area contributed by atoms with Gasteiger partial charge in [0.15, 0.2) is 0 Å². The minimum Gasteiger partial charge on any atom is -0.494 e. The molecule has 0 radical (unpaired) electrons. The largest absolute Gasteiger partial charge is 0.494 e. The third-order valence-electron chi connectivity index (χ3n) is 11.3. The molecule has 4 amide bonds. The second-order valence-electron chi connectivity index (χ2n) is 15.6. The highest BCUT2D eigenvalue weighted by Gasteiger charge is 2.63. The summed E-state index contributed by atoms with van der Waals surface area (Å²) in [6, 6.07) is 3.38. The quantitative estimate of drug-likeness (QED) is 0.289. The molecule has 15 nitrogen and oxygen atoms in total. The van der Waals surface area contributed by atoms with Crippen LogP contribution in [-0.2, 0) is 24.4 Å². The number of amides is 4. The monoisotopic (exact) mass is 754 g/mol. The topological polar surface area (TPSA) is 197 Å². The summed E-state index contributed by atoms with van der Waals surface area (Å²) in [5.74, 6) is -2.04. The van der Waals surface area contributed by atoms with E-state index in [2.05, 4.69) is 20.3 Å². The van der Waals surface area contributed by atoms with E-state index in [0.29, 0.717) is 36.8 Å². The Bertz CT molecular complexity index is 1930. The summed E-state index contributed by atoms with van der Waals surface area (Å²) in [7, 11) is 1.38. The Morgan fingerprint density at radius 1 is 1.13 bits per heavy atom. The van der Waals surface area contributed by atoms with Crippen molar-refractivity contribution in [3.05, 3.63) is 36.5 Å². The van der Waals surface area contributed by atoms with E-state index in [0.717, 1.165) is 17.5 Å². The third kappa shape index (κ3) is 7.60. The summed E-state index contributed by atoms with van der Waals surface area (Å²) >= 11 is 0. The number of rotatable bonds is 8. The van der Waals surface area contributed by atoms with Crippen LogP contribution in [0.2, 0.25) is 0 Å². The normalized spacial score (nSPS) is 30.4. The van der Waals surface area contributed by atoms with E-state index < -0.39 is 74.1 Å². The van der Waals surface area contributed by atoms with Crippen LogP contribution in [0.25, 0.3) is 10.8 Å². The van der Waals surface area contributed by atoms with Crippen molar-refractivity contribution in [2.75, 3.05) is 32.6 Å². The number of methoxy groups -OCH3 is 1. The Morgan fingerprint density at radius 3 is 2.53 bits per heavy atom.